The second-order valence-electron chi connectivity index (χ2n) is 3.70. The van der Waals surface area contributed by atoms with E-state index in [2.05, 4.69) is 26.2 Å². The van der Waals surface area contributed by atoms with Crippen LogP contribution in [0.15, 0.2) is 16.7 Å². The number of hydrogen-bond donors (Lipinski definition) is 2. The van der Waals surface area contributed by atoms with Crippen molar-refractivity contribution >= 4 is 38.3 Å². The SMILES string of the molecule is Nc1ncc(C(=O)NCc2cc(F)c(F)c(F)c2Br)s1. The molecule has 0 atom stereocenters. The first-order valence-electron chi connectivity index (χ1n) is 5.21. The summed E-state index contributed by atoms with van der Waals surface area (Å²) in [7, 11) is 0. The third-order valence-electron chi connectivity index (χ3n) is 2.36. The van der Waals surface area contributed by atoms with Gasteiger partial charge in [-0.05, 0) is 27.6 Å². The summed E-state index contributed by atoms with van der Waals surface area (Å²) in [6.07, 6.45) is 1.29. The lowest BCUT2D eigenvalue weighted by atomic mass is 10.2. The molecule has 2 aromatic rings. The van der Waals surface area contributed by atoms with Crippen LogP contribution in [-0.4, -0.2) is 10.9 Å². The van der Waals surface area contributed by atoms with E-state index in [0.717, 1.165) is 17.4 Å². The van der Waals surface area contributed by atoms with Crippen molar-refractivity contribution < 1.29 is 18.0 Å². The summed E-state index contributed by atoms with van der Waals surface area (Å²) in [5.41, 5.74) is 5.46. The number of nitrogens with two attached hydrogens (primary N) is 1. The summed E-state index contributed by atoms with van der Waals surface area (Å²) in [6, 6.07) is 0.809. The highest BCUT2D eigenvalue weighted by molar-refractivity contribution is 9.10. The van der Waals surface area contributed by atoms with Gasteiger partial charge in [-0.2, -0.15) is 0 Å². The molecule has 0 spiro atoms. The van der Waals surface area contributed by atoms with Crippen LogP contribution in [0.3, 0.4) is 0 Å². The first-order valence-corrected chi connectivity index (χ1v) is 6.82. The van der Waals surface area contributed by atoms with Gasteiger partial charge in [-0.1, -0.05) is 11.3 Å². The molecule has 1 aromatic heterocycles. The van der Waals surface area contributed by atoms with E-state index in [1.165, 1.54) is 6.20 Å². The standard InChI is InChI=1S/C11H7BrF3N3OS/c12-7-4(1-5(13)8(14)9(7)15)2-17-10(19)6-3-18-11(16)20-6/h1,3H,2H2,(H2,16,18)(H,17,19). The molecule has 20 heavy (non-hydrogen) atoms. The number of rotatable bonds is 3. The van der Waals surface area contributed by atoms with Gasteiger partial charge in [-0.25, -0.2) is 18.2 Å². The Kier molecular flexibility index (Phi) is 4.29. The van der Waals surface area contributed by atoms with E-state index in [1.54, 1.807) is 0 Å². The van der Waals surface area contributed by atoms with Crippen LogP contribution in [-0.2, 0) is 6.54 Å². The number of nitrogens with one attached hydrogen (secondary N) is 1. The summed E-state index contributed by atoms with van der Waals surface area (Å²) in [4.78, 5) is 15.7. The molecule has 0 radical (unpaired) electrons. The molecule has 1 heterocycles. The zero-order valence-electron chi connectivity index (χ0n) is 9.71. The van der Waals surface area contributed by atoms with Crippen molar-refractivity contribution in [1.82, 2.24) is 10.3 Å². The van der Waals surface area contributed by atoms with Crippen molar-refractivity contribution in [2.75, 3.05) is 5.73 Å². The number of nitrogens with zero attached hydrogens (tertiary/aromatic N) is 1. The predicted molar refractivity (Wildman–Crippen MR) is 71.7 cm³/mol. The molecule has 0 aliphatic rings. The van der Waals surface area contributed by atoms with Gasteiger partial charge in [0.15, 0.2) is 22.6 Å². The molecule has 4 nitrogen and oxygen atoms in total. The Bertz CT molecular complexity index is 677. The number of benzene rings is 1. The third-order valence-corrected chi connectivity index (χ3v) is 4.05. The van der Waals surface area contributed by atoms with Crippen LogP contribution < -0.4 is 11.1 Å². The van der Waals surface area contributed by atoms with Crippen LogP contribution in [0.5, 0.6) is 0 Å². The number of carbonyl (C=O) groups excluding carboxylic acids is 1. The number of halogens is 4. The van der Waals surface area contributed by atoms with Gasteiger partial charge < -0.3 is 11.1 Å². The Morgan fingerprint density at radius 1 is 1.40 bits per heavy atom. The highest BCUT2D eigenvalue weighted by atomic mass is 79.9. The maximum absolute atomic E-state index is 13.3. The second kappa shape index (κ2) is 5.80. The molecule has 1 amide bonds. The van der Waals surface area contributed by atoms with Crippen molar-refractivity contribution in [3.8, 4) is 0 Å². The van der Waals surface area contributed by atoms with Crippen molar-refractivity contribution in [2.45, 2.75) is 6.54 Å². The molecular formula is C11H7BrF3N3OS. The van der Waals surface area contributed by atoms with Crippen LogP contribution in [0.4, 0.5) is 18.3 Å². The van der Waals surface area contributed by atoms with Gasteiger partial charge in [0, 0.05) is 6.54 Å². The molecule has 2 rings (SSSR count). The minimum absolute atomic E-state index is 0.0761. The van der Waals surface area contributed by atoms with Crippen molar-refractivity contribution in [1.29, 1.82) is 0 Å². The molecule has 9 heteroatoms. The number of anilines is 1. The normalized spacial score (nSPS) is 10.6. The maximum atomic E-state index is 13.3. The monoisotopic (exact) mass is 365 g/mol. The molecule has 0 fully saturated rings. The Labute approximate surface area is 123 Å². The minimum Gasteiger partial charge on any atom is -0.375 e. The zero-order valence-corrected chi connectivity index (χ0v) is 12.1. The van der Waals surface area contributed by atoms with Crippen LogP contribution in [0, 0.1) is 17.5 Å². The van der Waals surface area contributed by atoms with Gasteiger partial charge in [-0.15, -0.1) is 0 Å². The number of carbonyl (C=O) groups is 1. The minimum atomic E-state index is -1.57. The number of amides is 1. The molecule has 0 saturated heterocycles. The van der Waals surface area contributed by atoms with Crippen molar-refractivity contribution in [3.63, 3.8) is 0 Å². The lowest BCUT2D eigenvalue weighted by molar-refractivity contribution is 0.0954. The third kappa shape index (κ3) is 2.93. The average Bonchev–Trinajstić information content (AvgIpc) is 2.85. The van der Waals surface area contributed by atoms with Gasteiger partial charge in [0.2, 0.25) is 0 Å². The number of aromatic nitrogens is 1. The average molecular weight is 366 g/mol. The lowest BCUT2D eigenvalue weighted by Crippen LogP contribution is -2.22. The fraction of sp³-hybridized carbons (Fsp3) is 0.0909. The van der Waals surface area contributed by atoms with Gasteiger partial charge in [0.25, 0.3) is 5.91 Å². The Morgan fingerprint density at radius 2 is 2.10 bits per heavy atom. The molecule has 0 aliphatic heterocycles. The zero-order chi connectivity index (χ0) is 14.9. The van der Waals surface area contributed by atoms with Crippen LogP contribution in [0.2, 0.25) is 0 Å². The predicted octanol–water partition coefficient (Wildman–Crippen LogP) is 2.84. The highest BCUT2D eigenvalue weighted by Crippen LogP contribution is 2.25. The Hall–Kier alpha value is -1.61. The fourth-order valence-corrected chi connectivity index (χ4v) is 2.44. The largest absolute Gasteiger partial charge is 0.375 e. The quantitative estimate of drug-likeness (QED) is 0.649. The summed E-state index contributed by atoms with van der Waals surface area (Å²) in [5, 5.41) is 2.67. The molecular weight excluding hydrogens is 359 g/mol. The van der Waals surface area contributed by atoms with E-state index < -0.39 is 23.4 Å². The van der Waals surface area contributed by atoms with Crippen LogP contribution in [0.1, 0.15) is 15.2 Å². The summed E-state index contributed by atoms with van der Waals surface area (Å²) >= 11 is 3.79. The molecule has 0 saturated carbocycles. The van der Waals surface area contributed by atoms with Gasteiger partial charge in [-0.3, -0.25) is 4.79 Å². The van der Waals surface area contributed by atoms with E-state index in [4.69, 9.17) is 5.73 Å². The molecule has 1 aromatic carbocycles. The van der Waals surface area contributed by atoms with Gasteiger partial charge >= 0.3 is 0 Å². The van der Waals surface area contributed by atoms with Gasteiger partial charge in [0.1, 0.15) is 4.88 Å². The molecule has 0 aliphatic carbocycles. The van der Waals surface area contributed by atoms with E-state index in [0.29, 0.717) is 0 Å². The molecule has 0 bridgehead atoms. The summed E-state index contributed by atoms with van der Waals surface area (Å²) in [6.45, 7) is -0.175. The fourth-order valence-electron chi connectivity index (χ4n) is 1.41. The maximum Gasteiger partial charge on any atom is 0.263 e. The van der Waals surface area contributed by atoms with Crippen molar-refractivity contribution in [2.24, 2.45) is 0 Å². The summed E-state index contributed by atoms with van der Waals surface area (Å²) < 4.78 is 39.1. The van der Waals surface area contributed by atoms with E-state index in [9.17, 15) is 18.0 Å². The topological polar surface area (TPSA) is 68.0 Å². The first kappa shape index (κ1) is 14.8. The molecule has 3 N–H and O–H groups in total. The Morgan fingerprint density at radius 3 is 2.70 bits per heavy atom. The molecule has 0 unspecified atom stereocenters. The second-order valence-corrected chi connectivity index (χ2v) is 5.56. The summed E-state index contributed by atoms with van der Waals surface area (Å²) in [5.74, 6) is -4.72. The number of thiazole rings is 1. The van der Waals surface area contributed by atoms with Crippen LogP contribution >= 0.6 is 27.3 Å². The lowest BCUT2D eigenvalue weighted by Gasteiger charge is -2.08. The van der Waals surface area contributed by atoms with Crippen LogP contribution in [0.25, 0.3) is 0 Å². The van der Waals surface area contributed by atoms with E-state index >= 15 is 0 Å². The highest BCUT2D eigenvalue weighted by Gasteiger charge is 2.17. The van der Waals surface area contributed by atoms with E-state index in [1.807, 2.05) is 0 Å². The van der Waals surface area contributed by atoms with E-state index in [-0.39, 0.29) is 26.6 Å². The Balaban J connectivity index is 2.14. The number of hydrogen-bond acceptors (Lipinski definition) is 4. The first-order chi connectivity index (χ1) is 9.40. The van der Waals surface area contributed by atoms with Gasteiger partial charge in [0.05, 0.1) is 10.7 Å². The smallest absolute Gasteiger partial charge is 0.263 e. The van der Waals surface area contributed by atoms with Crippen molar-refractivity contribution in [3.05, 3.63) is 44.6 Å². The molecule has 106 valence electrons. The number of nitrogen functional groups attached to an aromatic ring is 1.